The van der Waals surface area contributed by atoms with Gasteiger partial charge in [0.25, 0.3) is 0 Å². The second-order valence-corrected chi connectivity index (χ2v) is 6.58. The summed E-state index contributed by atoms with van der Waals surface area (Å²) in [5.41, 5.74) is 1.41. The first-order valence-corrected chi connectivity index (χ1v) is 8.58. The summed E-state index contributed by atoms with van der Waals surface area (Å²) in [6, 6.07) is 10.7. The lowest BCUT2D eigenvalue weighted by Crippen LogP contribution is -2.42. The van der Waals surface area contributed by atoms with E-state index in [1.807, 2.05) is 0 Å². The molecule has 2 aliphatic rings. The van der Waals surface area contributed by atoms with E-state index >= 15 is 0 Å². The van der Waals surface area contributed by atoms with E-state index in [0.29, 0.717) is 5.92 Å². The average molecular weight is 338 g/mol. The van der Waals surface area contributed by atoms with E-state index in [0.717, 1.165) is 52.0 Å². The molecule has 2 atom stereocenters. The van der Waals surface area contributed by atoms with Gasteiger partial charge in [-0.3, -0.25) is 4.79 Å². The van der Waals surface area contributed by atoms with Crippen molar-refractivity contribution in [2.24, 2.45) is 5.92 Å². The summed E-state index contributed by atoms with van der Waals surface area (Å²) in [5.74, 6) is 0.807. The van der Waals surface area contributed by atoms with E-state index in [-0.39, 0.29) is 24.4 Å². The molecule has 2 saturated heterocycles. The van der Waals surface area contributed by atoms with E-state index in [4.69, 9.17) is 0 Å². The van der Waals surface area contributed by atoms with Crippen LogP contribution in [0, 0.1) is 5.92 Å². The Balaban J connectivity index is 0.00000192. The number of nitrogens with one attached hydrogen (secondary N) is 2. The summed E-state index contributed by atoms with van der Waals surface area (Å²) in [6.07, 6.45) is 4.42. The molecule has 1 aromatic carbocycles. The highest BCUT2D eigenvalue weighted by molar-refractivity contribution is 5.85. The number of hydrogen-bond acceptors (Lipinski definition) is 3. The third kappa shape index (κ3) is 5.48. The van der Waals surface area contributed by atoms with Gasteiger partial charge < -0.3 is 15.5 Å². The van der Waals surface area contributed by atoms with Gasteiger partial charge in [0, 0.05) is 19.6 Å². The Labute approximate surface area is 145 Å². The van der Waals surface area contributed by atoms with Crippen LogP contribution in [0.4, 0.5) is 0 Å². The lowest BCUT2D eigenvalue weighted by Gasteiger charge is -2.17. The van der Waals surface area contributed by atoms with Crippen LogP contribution in [0.5, 0.6) is 0 Å². The van der Waals surface area contributed by atoms with E-state index in [1.54, 1.807) is 0 Å². The second-order valence-electron chi connectivity index (χ2n) is 6.58. The molecule has 0 aromatic heterocycles. The molecular formula is C18H28ClN3O. The minimum atomic E-state index is 0. The number of carbonyl (C=O) groups excluding carboxylic acids is 1. The monoisotopic (exact) mass is 337 g/mol. The zero-order valence-electron chi connectivity index (χ0n) is 13.7. The van der Waals surface area contributed by atoms with Crippen LogP contribution in [0.1, 0.15) is 24.8 Å². The molecule has 2 N–H and O–H groups in total. The zero-order chi connectivity index (χ0) is 15.2. The fourth-order valence-electron chi connectivity index (χ4n) is 3.49. The van der Waals surface area contributed by atoms with Crippen LogP contribution in [0.2, 0.25) is 0 Å². The van der Waals surface area contributed by atoms with Gasteiger partial charge in [-0.05, 0) is 50.3 Å². The molecule has 2 aliphatic heterocycles. The summed E-state index contributed by atoms with van der Waals surface area (Å²) in [5, 5.41) is 6.39. The van der Waals surface area contributed by atoms with Gasteiger partial charge in [-0.2, -0.15) is 0 Å². The van der Waals surface area contributed by atoms with Crippen molar-refractivity contribution >= 4 is 18.3 Å². The molecule has 0 spiro atoms. The number of nitrogens with zero attached hydrogens (tertiary/aromatic N) is 1. The van der Waals surface area contributed by atoms with E-state index in [2.05, 4.69) is 45.9 Å². The van der Waals surface area contributed by atoms with Gasteiger partial charge in [-0.15, -0.1) is 12.4 Å². The zero-order valence-corrected chi connectivity index (χ0v) is 14.5. The van der Waals surface area contributed by atoms with Crippen LogP contribution in [0.15, 0.2) is 30.3 Å². The molecular weight excluding hydrogens is 310 g/mol. The number of amides is 1. The topological polar surface area (TPSA) is 44.4 Å². The molecule has 4 nitrogen and oxygen atoms in total. The molecule has 0 bridgehead atoms. The predicted octanol–water partition coefficient (Wildman–Crippen LogP) is 1.84. The number of hydrogen-bond donors (Lipinski definition) is 2. The molecule has 3 rings (SSSR count). The number of carbonyl (C=O) groups is 1. The molecule has 2 fully saturated rings. The van der Waals surface area contributed by atoms with Gasteiger partial charge >= 0.3 is 0 Å². The Kier molecular flexibility index (Phi) is 7.34. The quantitative estimate of drug-likeness (QED) is 0.832. The Bertz CT molecular complexity index is 476. The minimum absolute atomic E-state index is 0. The van der Waals surface area contributed by atoms with Crippen molar-refractivity contribution in [3.63, 3.8) is 0 Å². The number of benzene rings is 1. The van der Waals surface area contributed by atoms with Crippen molar-refractivity contribution in [2.45, 2.75) is 31.7 Å². The van der Waals surface area contributed by atoms with Crippen LogP contribution in [-0.4, -0.2) is 49.6 Å². The molecule has 0 saturated carbocycles. The Morgan fingerprint density at radius 1 is 1.26 bits per heavy atom. The molecule has 1 amide bonds. The summed E-state index contributed by atoms with van der Waals surface area (Å²) < 4.78 is 0. The van der Waals surface area contributed by atoms with Gasteiger partial charge in [0.2, 0.25) is 5.91 Å². The smallest absolute Gasteiger partial charge is 0.237 e. The molecule has 0 aliphatic carbocycles. The fourth-order valence-corrected chi connectivity index (χ4v) is 3.49. The summed E-state index contributed by atoms with van der Waals surface area (Å²) in [4.78, 5) is 14.5. The van der Waals surface area contributed by atoms with E-state index in [1.165, 1.54) is 12.0 Å². The highest BCUT2D eigenvalue weighted by Gasteiger charge is 2.25. The second kappa shape index (κ2) is 9.26. The first kappa shape index (κ1) is 18.2. The maximum Gasteiger partial charge on any atom is 0.237 e. The predicted molar refractivity (Wildman–Crippen MR) is 96.0 cm³/mol. The van der Waals surface area contributed by atoms with Gasteiger partial charge in [0.05, 0.1) is 6.04 Å². The number of rotatable bonds is 6. The highest BCUT2D eigenvalue weighted by Crippen LogP contribution is 2.16. The molecule has 1 aromatic rings. The highest BCUT2D eigenvalue weighted by atomic mass is 35.5. The molecule has 2 heterocycles. The van der Waals surface area contributed by atoms with Gasteiger partial charge in [0.15, 0.2) is 0 Å². The fraction of sp³-hybridized carbons (Fsp3) is 0.611. The van der Waals surface area contributed by atoms with Crippen molar-refractivity contribution in [1.82, 2.24) is 15.5 Å². The normalized spacial score (nSPS) is 24.3. The lowest BCUT2D eigenvalue weighted by molar-refractivity contribution is -0.122. The molecule has 128 valence electrons. The Morgan fingerprint density at radius 3 is 2.83 bits per heavy atom. The van der Waals surface area contributed by atoms with Gasteiger partial charge in [-0.1, -0.05) is 30.3 Å². The van der Waals surface area contributed by atoms with Crippen LogP contribution in [0.25, 0.3) is 0 Å². The third-order valence-corrected chi connectivity index (χ3v) is 4.87. The number of likely N-dealkylation sites (tertiary alicyclic amines) is 1. The summed E-state index contributed by atoms with van der Waals surface area (Å²) >= 11 is 0. The van der Waals surface area contributed by atoms with Crippen LogP contribution >= 0.6 is 12.4 Å². The van der Waals surface area contributed by atoms with Crippen LogP contribution in [0.3, 0.4) is 0 Å². The minimum Gasteiger partial charge on any atom is -0.354 e. The number of halogens is 1. The van der Waals surface area contributed by atoms with E-state index < -0.39 is 0 Å². The average Bonchev–Trinajstić information content (AvgIpc) is 3.23. The maximum atomic E-state index is 12.0. The van der Waals surface area contributed by atoms with Crippen molar-refractivity contribution in [1.29, 1.82) is 0 Å². The van der Waals surface area contributed by atoms with Crippen molar-refractivity contribution in [3.05, 3.63) is 35.9 Å². The lowest BCUT2D eigenvalue weighted by atomic mass is 10.1. The SMILES string of the molecule is Cl.O=C(NCC1CCN(CCc2ccccc2)C1)[C@@H]1CCCN1. The standard InChI is InChI=1S/C18H27N3O.ClH/c22-18(17-7-4-10-19-17)20-13-16-9-12-21(14-16)11-8-15-5-2-1-3-6-15;/h1-3,5-6,16-17,19H,4,7-14H2,(H,20,22);1H/t16?,17-;/m0./s1. The van der Waals surface area contributed by atoms with Crippen molar-refractivity contribution < 1.29 is 4.79 Å². The van der Waals surface area contributed by atoms with Gasteiger partial charge in [-0.25, -0.2) is 0 Å². The van der Waals surface area contributed by atoms with Crippen LogP contribution < -0.4 is 10.6 Å². The molecule has 0 radical (unpaired) electrons. The third-order valence-electron chi connectivity index (χ3n) is 4.87. The summed E-state index contributed by atoms with van der Waals surface area (Å²) in [6.45, 7) is 5.21. The molecule has 1 unspecified atom stereocenters. The molecule has 5 heteroatoms. The van der Waals surface area contributed by atoms with Crippen LogP contribution in [-0.2, 0) is 11.2 Å². The Hall–Kier alpha value is -1.10. The largest absolute Gasteiger partial charge is 0.354 e. The summed E-state index contributed by atoms with van der Waals surface area (Å²) in [7, 11) is 0. The van der Waals surface area contributed by atoms with Gasteiger partial charge in [0.1, 0.15) is 0 Å². The maximum absolute atomic E-state index is 12.0. The van der Waals surface area contributed by atoms with Crippen molar-refractivity contribution in [2.75, 3.05) is 32.7 Å². The first-order chi connectivity index (χ1) is 10.8. The molecule has 23 heavy (non-hydrogen) atoms. The van der Waals surface area contributed by atoms with Crippen molar-refractivity contribution in [3.8, 4) is 0 Å². The Morgan fingerprint density at radius 2 is 2.09 bits per heavy atom. The van der Waals surface area contributed by atoms with E-state index in [9.17, 15) is 4.79 Å². The first-order valence-electron chi connectivity index (χ1n) is 8.58.